The Morgan fingerprint density at radius 2 is 1.92 bits per heavy atom. The lowest BCUT2D eigenvalue weighted by molar-refractivity contribution is 0.0490. The second-order valence-electron chi connectivity index (χ2n) is 7.75. The highest BCUT2D eigenvalue weighted by molar-refractivity contribution is 6.42. The van der Waals surface area contributed by atoms with Gasteiger partial charge < -0.3 is 5.32 Å². The maximum Gasteiger partial charge on any atom is 0.320 e. The summed E-state index contributed by atoms with van der Waals surface area (Å²) in [6.45, 7) is 3.22. The number of carbonyl (C=O) groups excluding carboxylic acids is 1. The van der Waals surface area contributed by atoms with Crippen molar-refractivity contribution in [2.24, 2.45) is 11.3 Å². The summed E-state index contributed by atoms with van der Waals surface area (Å²) in [5.74, 6) is 1.27. The molecule has 2 N–H and O–H groups in total. The number of urea groups is 1. The molecular formula is C19H20Cl2N4O. The second-order valence-corrected chi connectivity index (χ2v) is 8.57. The van der Waals surface area contributed by atoms with Crippen LogP contribution >= 0.6 is 23.2 Å². The van der Waals surface area contributed by atoms with Crippen molar-refractivity contribution in [3.63, 3.8) is 0 Å². The van der Waals surface area contributed by atoms with Gasteiger partial charge in [-0.05, 0) is 61.9 Å². The van der Waals surface area contributed by atoms with Crippen molar-refractivity contribution in [3.8, 4) is 0 Å². The number of amides is 2. The normalized spacial score (nSPS) is 31.5. The zero-order valence-electron chi connectivity index (χ0n) is 14.3. The minimum atomic E-state index is -0.201. The number of aromatic nitrogens is 1. The molecule has 3 aliphatic heterocycles. The smallest absolute Gasteiger partial charge is 0.320 e. The lowest BCUT2D eigenvalue weighted by Gasteiger charge is -2.44. The molecular weight excluding hydrogens is 371 g/mol. The molecule has 1 aromatic heterocycles. The van der Waals surface area contributed by atoms with E-state index in [4.69, 9.17) is 23.2 Å². The number of carbonyl (C=O) groups is 1. The van der Waals surface area contributed by atoms with Gasteiger partial charge in [0, 0.05) is 29.6 Å². The van der Waals surface area contributed by atoms with Gasteiger partial charge in [-0.1, -0.05) is 23.2 Å². The Morgan fingerprint density at radius 3 is 2.65 bits per heavy atom. The number of fused-ring (bicyclic) bond motifs is 3. The molecule has 26 heavy (non-hydrogen) atoms. The molecule has 2 unspecified atom stereocenters. The summed E-state index contributed by atoms with van der Waals surface area (Å²) >= 11 is 12.1. The van der Waals surface area contributed by atoms with Gasteiger partial charge in [0.1, 0.15) is 5.82 Å². The maximum atomic E-state index is 12.4. The molecule has 1 saturated carbocycles. The monoisotopic (exact) mass is 390 g/mol. The summed E-state index contributed by atoms with van der Waals surface area (Å²) in [5.41, 5.74) is 0.314. The Morgan fingerprint density at radius 1 is 1.19 bits per heavy atom. The molecule has 1 aromatic carbocycles. The zero-order chi connectivity index (χ0) is 17.9. The van der Waals surface area contributed by atoms with Crippen molar-refractivity contribution in [1.82, 2.24) is 15.2 Å². The van der Waals surface area contributed by atoms with Gasteiger partial charge in [-0.3, -0.25) is 10.2 Å². The number of benzene rings is 1. The average molecular weight is 391 g/mol. The van der Waals surface area contributed by atoms with Gasteiger partial charge >= 0.3 is 6.03 Å². The van der Waals surface area contributed by atoms with Gasteiger partial charge in [0.05, 0.1) is 10.0 Å². The first-order chi connectivity index (χ1) is 12.5. The van der Waals surface area contributed by atoms with E-state index in [2.05, 4.69) is 20.5 Å². The number of halogens is 2. The van der Waals surface area contributed by atoms with E-state index in [9.17, 15) is 4.79 Å². The van der Waals surface area contributed by atoms with Crippen LogP contribution in [0, 0.1) is 11.3 Å². The molecule has 6 rings (SSSR count). The Balaban J connectivity index is 1.25. The van der Waals surface area contributed by atoms with Crippen LogP contribution in [0.5, 0.6) is 0 Å². The van der Waals surface area contributed by atoms with Crippen molar-refractivity contribution in [3.05, 3.63) is 34.4 Å². The molecule has 7 heteroatoms. The molecule has 136 valence electrons. The summed E-state index contributed by atoms with van der Waals surface area (Å²) in [4.78, 5) is 19.2. The fraction of sp³-hybridized carbons (Fsp3) is 0.474. The summed E-state index contributed by atoms with van der Waals surface area (Å²) in [6.07, 6.45) is 5.46. The molecule has 1 aliphatic carbocycles. The Kier molecular flexibility index (Phi) is 3.82. The summed E-state index contributed by atoms with van der Waals surface area (Å²) in [7, 11) is 0. The van der Waals surface area contributed by atoms with Gasteiger partial charge in [-0.15, -0.1) is 0 Å². The number of hydrogen-bond acceptors (Lipinski definition) is 3. The van der Waals surface area contributed by atoms with E-state index >= 15 is 0 Å². The first-order valence-corrected chi connectivity index (χ1v) is 9.84. The largest absolute Gasteiger partial charge is 0.337 e. The summed E-state index contributed by atoms with van der Waals surface area (Å²) in [5, 5.41) is 8.67. The van der Waals surface area contributed by atoms with Crippen LogP contribution in [0.4, 0.5) is 10.6 Å². The molecule has 2 bridgehead atoms. The topological polar surface area (TPSA) is 57.3 Å². The second kappa shape index (κ2) is 5.98. The van der Waals surface area contributed by atoms with Crippen LogP contribution < -0.4 is 10.6 Å². The number of nitrogens with one attached hydrogen (secondary N) is 2. The first kappa shape index (κ1) is 16.6. The quantitative estimate of drug-likeness (QED) is 0.827. The number of rotatable bonds is 3. The van der Waals surface area contributed by atoms with Crippen molar-refractivity contribution in [2.75, 3.05) is 25.0 Å². The number of piperidine rings is 3. The predicted octanol–water partition coefficient (Wildman–Crippen LogP) is 4.15. The van der Waals surface area contributed by atoms with Gasteiger partial charge in [-0.2, -0.15) is 0 Å². The molecule has 2 aromatic rings. The minimum Gasteiger partial charge on any atom is -0.337 e. The fourth-order valence-electron chi connectivity index (χ4n) is 4.96. The van der Waals surface area contributed by atoms with E-state index in [1.54, 1.807) is 18.3 Å². The number of nitrogens with zero attached hydrogens (tertiary/aromatic N) is 2. The number of pyridine rings is 1. The highest BCUT2D eigenvalue weighted by Gasteiger charge is 2.65. The molecule has 4 aliphatic rings. The van der Waals surface area contributed by atoms with Gasteiger partial charge in [0.15, 0.2) is 0 Å². The van der Waals surface area contributed by atoms with Crippen LogP contribution in [-0.4, -0.2) is 41.6 Å². The van der Waals surface area contributed by atoms with Crippen LogP contribution in [0.15, 0.2) is 24.4 Å². The van der Waals surface area contributed by atoms with Crippen molar-refractivity contribution in [1.29, 1.82) is 0 Å². The molecule has 4 heterocycles. The molecule has 0 spiro atoms. The summed E-state index contributed by atoms with van der Waals surface area (Å²) < 4.78 is 0. The SMILES string of the molecule is O=C(NCC12CC1N1CCC2CC1)Nc1cc2cc(Cl)c(Cl)cc2cn1. The molecule has 2 atom stereocenters. The van der Waals surface area contributed by atoms with Crippen molar-refractivity contribution in [2.45, 2.75) is 25.3 Å². The van der Waals surface area contributed by atoms with Crippen molar-refractivity contribution >= 4 is 45.8 Å². The van der Waals surface area contributed by atoms with E-state index in [0.717, 1.165) is 23.2 Å². The third kappa shape index (κ3) is 2.65. The summed E-state index contributed by atoms with van der Waals surface area (Å²) in [6, 6.07) is 5.85. The van der Waals surface area contributed by atoms with E-state index in [0.29, 0.717) is 27.3 Å². The van der Waals surface area contributed by atoms with E-state index in [1.165, 1.54) is 32.4 Å². The lowest BCUT2D eigenvalue weighted by Crippen LogP contribution is -2.51. The Bertz CT molecular complexity index is 896. The van der Waals surface area contributed by atoms with Gasteiger partial charge in [0.2, 0.25) is 0 Å². The highest BCUT2D eigenvalue weighted by atomic mass is 35.5. The van der Waals surface area contributed by atoms with E-state index < -0.39 is 0 Å². The van der Waals surface area contributed by atoms with E-state index in [-0.39, 0.29) is 6.03 Å². The third-order valence-electron chi connectivity index (χ3n) is 6.44. The van der Waals surface area contributed by atoms with Gasteiger partial charge in [-0.25, -0.2) is 9.78 Å². The average Bonchev–Trinajstić information content (AvgIpc) is 3.41. The van der Waals surface area contributed by atoms with Crippen molar-refractivity contribution < 1.29 is 4.79 Å². The third-order valence-corrected chi connectivity index (χ3v) is 7.16. The standard InChI is InChI=1S/C19H20Cl2N4O/c20-14-5-11-7-17(22-9-12(11)6-15(14)21)24-18(26)23-10-19-8-16(19)25-3-1-13(19)2-4-25/h5-7,9,13,16H,1-4,8,10H2,(H2,22,23,24,26). The van der Waals surface area contributed by atoms with E-state index in [1.807, 2.05) is 6.07 Å². The van der Waals surface area contributed by atoms with Crippen LogP contribution in [0.2, 0.25) is 10.0 Å². The molecule has 2 amide bonds. The highest BCUT2D eigenvalue weighted by Crippen LogP contribution is 2.62. The molecule has 0 radical (unpaired) electrons. The van der Waals surface area contributed by atoms with Crippen LogP contribution in [0.3, 0.4) is 0 Å². The predicted molar refractivity (Wildman–Crippen MR) is 104 cm³/mol. The minimum absolute atomic E-state index is 0.201. The Labute approximate surface area is 162 Å². The lowest BCUT2D eigenvalue weighted by atomic mass is 9.77. The fourth-order valence-corrected chi connectivity index (χ4v) is 5.31. The molecule has 4 fully saturated rings. The Hall–Kier alpha value is -1.56. The number of anilines is 1. The van der Waals surface area contributed by atoms with Gasteiger partial charge in [0.25, 0.3) is 0 Å². The molecule has 3 saturated heterocycles. The molecule has 5 nitrogen and oxygen atoms in total. The maximum absolute atomic E-state index is 12.4. The van der Waals surface area contributed by atoms with Crippen LogP contribution in [-0.2, 0) is 0 Å². The van der Waals surface area contributed by atoms with Crippen LogP contribution in [0.25, 0.3) is 10.8 Å². The van der Waals surface area contributed by atoms with Crippen LogP contribution in [0.1, 0.15) is 19.3 Å². The number of hydrogen-bond donors (Lipinski definition) is 2. The first-order valence-electron chi connectivity index (χ1n) is 9.09. The zero-order valence-corrected chi connectivity index (χ0v) is 15.8.